The summed E-state index contributed by atoms with van der Waals surface area (Å²) in [6.07, 6.45) is 6.58. The molecular weight excluding hydrogens is 312 g/mol. The first-order valence-electron chi connectivity index (χ1n) is 7.12. The fraction of sp³-hybridized carbons (Fsp3) is 0.176. The first-order valence-corrected chi connectivity index (χ1v) is 7.12. The van der Waals surface area contributed by atoms with Crippen LogP contribution in [-0.4, -0.2) is 15.0 Å². The van der Waals surface area contributed by atoms with E-state index in [-0.39, 0.29) is 22.5 Å². The lowest BCUT2D eigenvalue weighted by Crippen LogP contribution is -2.27. The summed E-state index contributed by atoms with van der Waals surface area (Å²) < 4.78 is 0. The molecule has 120 valence electrons. The highest BCUT2D eigenvalue weighted by molar-refractivity contribution is 5.57. The van der Waals surface area contributed by atoms with Crippen LogP contribution in [0.1, 0.15) is 22.3 Å². The lowest BCUT2D eigenvalue weighted by molar-refractivity contribution is -0.385. The van der Waals surface area contributed by atoms with Crippen molar-refractivity contribution in [2.75, 3.05) is 0 Å². The van der Waals surface area contributed by atoms with Crippen LogP contribution in [-0.2, 0) is 18.4 Å². The van der Waals surface area contributed by atoms with Crippen LogP contribution in [0.3, 0.4) is 0 Å². The molecule has 0 unspecified atom stereocenters. The largest absolute Gasteiger partial charge is 0.369 e. The van der Waals surface area contributed by atoms with Crippen molar-refractivity contribution < 1.29 is 15.0 Å². The lowest BCUT2D eigenvalue weighted by Gasteiger charge is -2.25. The Morgan fingerprint density at radius 1 is 0.958 bits per heavy atom. The number of nitrogens with zero attached hydrogens (tertiary/aromatic N) is 2. The van der Waals surface area contributed by atoms with Crippen molar-refractivity contribution in [3.63, 3.8) is 0 Å². The summed E-state index contributed by atoms with van der Waals surface area (Å²) in [4.78, 5) is 20.9. The molecule has 24 heavy (non-hydrogen) atoms. The van der Waals surface area contributed by atoms with Crippen molar-refractivity contribution in [3.05, 3.63) is 78.9 Å². The van der Waals surface area contributed by atoms with Crippen molar-refractivity contribution in [2.45, 2.75) is 18.4 Å². The molecule has 2 aromatic carbocycles. The van der Waals surface area contributed by atoms with Gasteiger partial charge in [-0.3, -0.25) is 20.2 Å². The molecule has 0 aromatic heterocycles. The molecule has 0 radical (unpaired) electrons. The highest BCUT2D eigenvalue weighted by Gasteiger charge is 2.38. The van der Waals surface area contributed by atoms with Crippen LogP contribution in [0.4, 0.5) is 11.4 Å². The second-order valence-electron chi connectivity index (χ2n) is 5.55. The Balaban J connectivity index is 2.31. The minimum Gasteiger partial charge on any atom is -0.369 e. The fourth-order valence-electron chi connectivity index (χ4n) is 3.04. The van der Waals surface area contributed by atoms with Crippen molar-refractivity contribution in [1.29, 1.82) is 0 Å². The van der Waals surface area contributed by atoms with E-state index in [1.165, 1.54) is 24.3 Å². The van der Waals surface area contributed by atoms with Crippen molar-refractivity contribution in [1.82, 2.24) is 0 Å². The van der Waals surface area contributed by atoms with Gasteiger partial charge in [-0.25, -0.2) is 0 Å². The molecule has 2 aromatic rings. The predicted octanol–water partition coefficient (Wildman–Crippen LogP) is 2.47. The molecule has 7 heteroatoms. The van der Waals surface area contributed by atoms with Gasteiger partial charge in [0.25, 0.3) is 11.4 Å². The quantitative estimate of drug-likeness (QED) is 0.519. The number of nitro benzene ring substituents is 2. The SMILES string of the molecule is C#CC1(O)c2cc([N+](=O)[O-])ccc2CCc2ccc([N+](=O)[O-])cc21. The van der Waals surface area contributed by atoms with Gasteiger partial charge in [-0.2, -0.15) is 0 Å². The molecule has 1 aliphatic carbocycles. The molecule has 0 bridgehead atoms. The molecule has 0 fully saturated rings. The van der Waals surface area contributed by atoms with Crippen LogP contribution in [0, 0.1) is 32.6 Å². The van der Waals surface area contributed by atoms with E-state index in [4.69, 9.17) is 6.42 Å². The maximum Gasteiger partial charge on any atom is 0.269 e. The van der Waals surface area contributed by atoms with E-state index in [0.29, 0.717) is 24.0 Å². The van der Waals surface area contributed by atoms with Gasteiger partial charge in [0, 0.05) is 35.4 Å². The fourth-order valence-corrected chi connectivity index (χ4v) is 3.04. The van der Waals surface area contributed by atoms with E-state index in [1.807, 2.05) is 0 Å². The minimum absolute atomic E-state index is 0.198. The van der Waals surface area contributed by atoms with Gasteiger partial charge in [0.15, 0.2) is 5.60 Å². The molecule has 0 atom stereocenters. The number of rotatable bonds is 2. The Kier molecular flexibility index (Phi) is 3.55. The van der Waals surface area contributed by atoms with Gasteiger partial charge in [-0.05, 0) is 24.0 Å². The number of non-ortho nitro benzene ring substituents is 2. The number of aryl methyl sites for hydroxylation is 2. The third-order valence-electron chi connectivity index (χ3n) is 4.26. The zero-order valence-electron chi connectivity index (χ0n) is 12.4. The van der Waals surface area contributed by atoms with Gasteiger partial charge in [-0.15, -0.1) is 6.42 Å². The van der Waals surface area contributed by atoms with E-state index in [9.17, 15) is 25.3 Å². The van der Waals surface area contributed by atoms with Crippen LogP contribution in [0.15, 0.2) is 36.4 Å². The molecule has 0 saturated carbocycles. The van der Waals surface area contributed by atoms with Crippen LogP contribution in [0.2, 0.25) is 0 Å². The molecule has 0 saturated heterocycles. The minimum atomic E-state index is -1.96. The van der Waals surface area contributed by atoms with E-state index in [2.05, 4.69) is 5.92 Å². The number of terminal acetylenes is 1. The van der Waals surface area contributed by atoms with Gasteiger partial charge < -0.3 is 5.11 Å². The number of hydrogen-bond acceptors (Lipinski definition) is 5. The smallest absolute Gasteiger partial charge is 0.269 e. The molecular formula is C17H12N2O5. The maximum atomic E-state index is 11.1. The van der Waals surface area contributed by atoms with Gasteiger partial charge >= 0.3 is 0 Å². The highest BCUT2D eigenvalue weighted by Crippen LogP contribution is 2.40. The summed E-state index contributed by atoms with van der Waals surface area (Å²) in [5.74, 6) is 2.28. The second-order valence-corrected chi connectivity index (χ2v) is 5.55. The molecule has 1 aliphatic rings. The summed E-state index contributed by atoms with van der Waals surface area (Å²) in [6.45, 7) is 0. The standard InChI is InChI=1S/C17H12N2O5/c1-2-17(20)15-9-13(18(21)22)7-5-11(15)3-4-12-6-8-14(19(23)24)10-16(12)17/h1,5-10,20H,3-4H2. The summed E-state index contributed by atoms with van der Waals surface area (Å²) in [5.41, 5.74) is -0.552. The van der Waals surface area contributed by atoms with E-state index in [0.717, 1.165) is 0 Å². The van der Waals surface area contributed by atoms with Crippen molar-refractivity contribution in [2.24, 2.45) is 0 Å². The Labute approximate surface area is 136 Å². The van der Waals surface area contributed by atoms with Crippen molar-refractivity contribution in [3.8, 4) is 12.3 Å². The monoisotopic (exact) mass is 324 g/mol. The van der Waals surface area contributed by atoms with Gasteiger partial charge in [0.05, 0.1) is 9.85 Å². The Morgan fingerprint density at radius 2 is 1.38 bits per heavy atom. The normalized spacial score (nSPS) is 14.7. The summed E-state index contributed by atoms with van der Waals surface area (Å²) in [6, 6.07) is 8.32. The topological polar surface area (TPSA) is 107 Å². The van der Waals surface area contributed by atoms with Crippen LogP contribution < -0.4 is 0 Å². The van der Waals surface area contributed by atoms with E-state index in [1.54, 1.807) is 12.1 Å². The van der Waals surface area contributed by atoms with Gasteiger partial charge in [0.1, 0.15) is 0 Å². The maximum absolute atomic E-state index is 11.1. The highest BCUT2D eigenvalue weighted by atomic mass is 16.6. The third-order valence-corrected chi connectivity index (χ3v) is 4.26. The van der Waals surface area contributed by atoms with Crippen LogP contribution >= 0.6 is 0 Å². The number of hydrogen-bond donors (Lipinski definition) is 1. The van der Waals surface area contributed by atoms with Crippen LogP contribution in [0.5, 0.6) is 0 Å². The molecule has 0 amide bonds. The second kappa shape index (κ2) is 5.44. The molecule has 0 aliphatic heterocycles. The molecule has 0 heterocycles. The number of fused-ring (bicyclic) bond motifs is 2. The average Bonchev–Trinajstić information content (AvgIpc) is 2.70. The summed E-state index contributed by atoms with van der Waals surface area (Å²) in [5, 5.41) is 33.2. The van der Waals surface area contributed by atoms with Crippen LogP contribution in [0.25, 0.3) is 0 Å². The number of nitro groups is 2. The lowest BCUT2D eigenvalue weighted by atomic mass is 9.83. The molecule has 1 N–H and O–H groups in total. The Morgan fingerprint density at radius 3 is 1.71 bits per heavy atom. The average molecular weight is 324 g/mol. The van der Waals surface area contributed by atoms with Gasteiger partial charge in [0.2, 0.25) is 0 Å². The third kappa shape index (κ3) is 2.30. The summed E-state index contributed by atoms with van der Waals surface area (Å²) in [7, 11) is 0. The van der Waals surface area contributed by atoms with E-state index < -0.39 is 15.4 Å². The molecule has 3 rings (SSSR count). The Hall–Kier alpha value is -3.24. The van der Waals surface area contributed by atoms with Crippen molar-refractivity contribution >= 4 is 11.4 Å². The first kappa shape index (κ1) is 15.6. The molecule has 0 spiro atoms. The van der Waals surface area contributed by atoms with Gasteiger partial charge in [-0.1, -0.05) is 18.1 Å². The zero-order valence-corrected chi connectivity index (χ0v) is 12.4. The number of aliphatic hydroxyl groups is 1. The molecule has 7 nitrogen and oxygen atoms in total. The zero-order chi connectivity index (χ0) is 17.5. The first-order chi connectivity index (χ1) is 11.4. The summed E-state index contributed by atoms with van der Waals surface area (Å²) >= 11 is 0. The van der Waals surface area contributed by atoms with E-state index >= 15 is 0 Å². The Bertz CT molecular complexity index is 848. The predicted molar refractivity (Wildman–Crippen MR) is 85.4 cm³/mol. The number of benzene rings is 2.